The number of nitrogens with one attached hydrogen (secondary N) is 1. The minimum Gasteiger partial charge on any atom is -0.497 e. The molecule has 1 aromatic carbocycles. The predicted octanol–water partition coefficient (Wildman–Crippen LogP) is 3.66. The third kappa shape index (κ3) is 5.71. The highest BCUT2D eigenvalue weighted by Gasteiger charge is 2.17. The van der Waals surface area contributed by atoms with Crippen LogP contribution in [0.3, 0.4) is 0 Å². The van der Waals surface area contributed by atoms with Crippen LogP contribution in [-0.2, 0) is 4.79 Å². The number of aromatic nitrogens is 4. The van der Waals surface area contributed by atoms with Gasteiger partial charge in [-0.15, -0.1) is 15.3 Å². The Labute approximate surface area is 193 Å². The Morgan fingerprint density at radius 1 is 1.09 bits per heavy atom. The Balaban J connectivity index is 1.34. The molecule has 33 heavy (non-hydrogen) atoms. The molecule has 0 bridgehead atoms. The molecule has 1 N–H and O–H groups in total. The van der Waals surface area contributed by atoms with Gasteiger partial charge in [0.05, 0.1) is 26.3 Å². The third-order valence-corrected chi connectivity index (χ3v) is 6.06. The first-order chi connectivity index (χ1) is 16.2. The highest BCUT2D eigenvalue weighted by molar-refractivity contribution is 5.75. The summed E-state index contributed by atoms with van der Waals surface area (Å²) in [6.45, 7) is 0.759. The largest absolute Gasteiger partial charge is 0.497 e. The highest BCUT2D eigenvalue weighted by atomic mass is 16.5. The van der Waals surface area contributed by atoms with Gasteiger partial charge in [0.2, 0.25) is 11.8 Å². The zero-order valence-corrected chi connectivity index (χ0v) is 19.2. The third-order valence-electron chi connectivity index (χ3n) is 6.06. The lowest BCUT2D eigenvalue weighted by Gasteiger charge is -2.20. The van der Waals surface area contributed by atoms with Crippen molar-refractivity contribution in [2.75, 3.05) is 27.4 Å². The minimum atomic E-state index is 0.0822. The monoisotopic (exact) mass is 453 g/mol. The molecule has 1 fully saturated rings. The van der Waals surface area contributed by atoms with Crippen LogP contribution in [0.15, 0.2) is 30.3 Å². The molecule has 3 aromatic rings. The molecule has 1 amide bonds. The molecule has 176 valence electrons. The first-order valence-electron chi connectivity index (χ1n) is 11.5. The maximum absolute atomic E-state index is 12.1. The first-order valence-corrected chi connectivity index (χ1v) is 11.5. The van der Waals surface area contributed by atoms with E-state index >= 15 is 0 Å². The van der Waals surface area contributed by atoms with Crippen molar-refractivity contribution in [3.63, 3.8) is 0 Å². The van der Waals surface area contributed by atoms with Crippen LogP contribution in [0.5, 0.6) is 17.4 Å². The normalized spacial score (nSPS) is 14.2. The van der Waals surface area contributed by atoms with E-state index in [1.165, 1.54) is 32.1 Å². The van der Waals surface area contributed by atoms with Crippen molar-refractivity contribution < 1.29 is 19.0 Å². The van der Waals surface area contributed by atoms with Crippen molar-refractivity contribution in [2.24, 2.45) is 5.92 Å². The van der Waals surface area contributed by atoms with E-state index in [9.17, 15) is 4.79 Å². The van der Waals surface area contributed by atoms with Gasteiger partial charge in [0, 0.05) is 12.5 Å². The Hall–Kier alpha value is -3.36. The summed E-state index contributed by atoms with van der Waals surface area (Å²) < 4.78 is 18.2. The first kappa shape index (κ1) is 22.8. The number of fused-ring (bicyclic) bond motifs is 1. The fraction of sp³-hybridized carbons (Fsp3) is 0.500. The lowest BCUT2D eigenvalue weighted by atomic mass is 9.86. The highest BCUT2D eigenvalue weighted by Crippen LogP contribution is 2.32. The second-order valence-corrected chi connectivity index (χ2v) is 8.27. The van der Waals surface area contributed by atoms with E-state index in [4.69, 9.17) is 14.2 Å². The quantitative estimate of drug-likeness (QED) is 0.468. The summed E-state index contributed by atoms with van der Waals surface area (Å²) in [5.41, 5.74) is 1.29. The van der Waals surface area contributed by atoms with Crippen LogP contribution < -0.4 is 19.5 Å². The molecule has 2 heterocycles. The summed E-state index contributed by atoms with van der Waals surface area (Å²) in [7, 11) is 3.20. The predicted molar refractivity (Wildman–Crippen MR) is 124 cm³/mol. The van der Waals surface area contributed by atoms with E-state index < -0.39 is 0 Å². The summed E-state index contributed by atoms with van der Waals surface area (Å²) in [5.74, 6) is 3.03. The zero-order valence-electron chi connectivity index (χ0n) is 19.2. The average molecular weight is 454 g/mol. The van der Waals surface area contributed by atoms with E-state index in [0.29, 0.717) is 59.9 Å². The maximum Gasteiger partial charge on any atom is 0.231 e. The van der Waals surface area contributed by atoms with Gasteiger partial charge in [-0.25, -0.2) is 0 Å². The van der Waals surface area contributed by atoms with Gasteiger partial charge in [-0.1, -0.05) is 32.1 Å². The number of ether oxygens (including phenoxy) is 3. The number of carbonyl (C=O) groups excluding carboxylic acids is 1. The van der Waals surface area contributed by atoms with Crippen LogP contribution in [-0.4, -0.2) is 53.1 Å². The van der Waals surface area contributed by atoms with Crippen molar-refractivity contribution >= 4 is 11.6 Å². The zero-order chi connectivity index (χ0) is 23.0. The van der Waals surface area contributed by atoms with E-state index in [-0.39, 0.29) is 5.91 Å². The van der Waals surface area contributed by atoms with E-state index in [2.05, 4.69) is 20.6 Å². The Morgan fingerprint density at radius 2 is 1.94 bits per heavy atom. The number of hydrogen-bond donors (Lipinski definition) is 1. The fourth-order valence-electron chi connectivity index (χ4n) is 4.25. The van der Waals surface area contributed by atoms with Gasteiger partial charge in [-0.2, -0.15) is 4.52 Å². The van der Waals surface area contributed by atoms with Crippen LogP contribution >= 0.6 is 0 Å². The molecule has 0 aliphatic heterocycles. The molecule has 0 atom stereocenters. The second kappa shape index (κ2) is 11.0. The van der Waals surface area contributed by atoms with Crippen LogP contribution in [0.4, 0.5) is 0 Å². The van der Waals surface area contributed by atoms with E-state index in [1.54, 1.807) is 30.9 Å². The number of benzene rings is 1. The van der Waals surface area contributed by atoms with Gasteiger partial charge in [0.1, 0.15) is 18.1 Å². The summed E-state index contributed by atoms with van der Waals surface area (Å²) in [6, 6.07) is 8.98. The topological polar surface area (TPSA) is 99.9 Å². The number of amides is 1. The lowest BCUT2D eigenvalue weighted by Crippen LogP contribution is -2.28. The molecule has 1 aliphatic carbocycles. The van der Waals surface area contributed by atoms with E-state index in [0.717, 1.165) is 6.42 Å². The van der Waals surface area contributed by atoms with Crippen LogP contribution in [0, 0.1) is 5.92 Å². The molecule has 0 radical (unpaired) electrons. The van der Waals surface area contributed by atoms with Gasteiger partial charge in [0.25, 0.3) is 0 Å². The molecule has 9 heteroatoms. The van der Waals surface area contributed by atoms with Crippen molar-refractivity contribution in [2.45, 2.75) is 44.9 Å². The van der Waals surface area contributed by atoms with Crippen molar-refractivity contribution in [3.8, 4) is 28.8 Å². The number of nitrogens with zero attached hydrogens (tertiary/aromatic N) is 4. The van der Waals surface area contributed by atoms with Crippen molar-refractivity contribution in [3.05, 3.63) is 30.3 Å². The standard InChI is InChI=1S/C24H31N5O4/c1-31-18-9-10-20(32-2)19(16-18)24-27-26-21-11-13-23(28-29(21)24)33-15-14-25-22(30)12-8-17-6-4-3-5-7-17/h9-11,13,16-17H,3-8,12,14-15H2,1-2H3,(H,25,30). The molecule has 0 saturated heterocycles. The summed E-state index contributed by atoms with van der Waals surface area (Å²) in [4.78, 5) is 12.1. The number of carbonyl (C=O) groups is 1. The Kier molecular flexibility index (Phi) is 7.59. The Morgan fingerprint density at radius 3 is 2.73 bits per heavy atom. The van der Waals surface area contributed by atoms with Crippen molar-refractivity contribution in [1.29, 1.82) is 0 Å². The molecule has 4 rings (SSSR count). The average Bonchev–Trinajstić information content (AvgIpc) is 3.28. The molecular weight excluding hydrogens is 422 g/mol. The summed E-state index contributed by atoms with van der Waals surface area (Å²) >= 11 is 0. The van der Waals surface area contributed by atoms with Crippen LogP contribution in [0.1, 0.15) is 44.9 Å². The maximum atomic E-state index is 12.1. The number of methoxy groups -OCH3 is 2. The van der Waals surface area contributed by atoms with Gasteiger partial charge in [-0.3, -0.25) is 4.79 Å². The smallest absolute Gasteiger partial charge is 0.231 e. The Bertz CT molecular complexity index is 1080. The second-order valence-electron chi connectivity index (χ2n) is 8.27. The van der Waals surface area contributed by atoms with Gasteiger partial charge >= 0.3 is 0 Å². The molecule has 1 aliphatic rings. The fourth-order valence-corrected chi connectivity index (χ4v) is 4.25. The molecule has 9 nitrogen and oxygen atoms in total. The van der Waals surface area contributed by atoms with Gasteiger partial charge < -0.3 is 19.5 Å². The lowest BCUT2D eigenvalue weighted by molar-refractivity contribution is -0.121. The van der Waals surface area contributed by atoms with Crippen LogP contribution in [0.2, 0.25) is 0 Å². The number of hydrogen-bond acceptors (Lipinski definition) is 7. The molecular formula is C24H31N5O4. The minimum absolute atomic E-state index is 0.0822. The summed E-state index contributed by atoms with van der Waals surface area (Å²) in [5, 5.41) is 15.9. The molecule has 1 saturated carbocycles. The van der Waals surface area contributed by atoms with Gasteiger partial charge in [-0.05, 0) is 36.6 Å². The van der Waals surface area contributed by atoms with Gasteiger partial charge in [0.15, 0.2) is 11.5 Å². The van der Waals surface area contributed by atoms with E-state index in [1.807, 2.05) is 18.2 Å². The molecule has 0 spiro atoms. The summed E-state index contributed by atoms with van der Waals surface area (Å²) in [6.07, 6.45) is 8.03. The molecule has 0 unspecified atom stereocenters. The number of rotatable bonds is 10. The van der Waals surface area contributed by atoms with Crippen molar-refractivity contribution in [1.82, 2.24) is 25.1 Å². The van der Waals surface area contributed by atoms with Crippen LogP contribution in [0.25, 0.3) is 17.0 Å². The SMILES string of the molecule is COc1ccc(OC)c(-c2nnc3ccc(OCCNC(=O)CCC4CCCCC4)nn23)c1. The molecule has 2 aromatic heterocycles.